The highest BCUT2D eigenvalue weighted by molar-refractivity contribution is 7.92. The van der Waals surface area contributed by atoms with Crippen LogP contribution in [0.25, 0.3) is 11.6 Å². The van der Waals surface area contributed by atoms with Crippen molar-refractivity contribution in [3.05, 3.63) is 47.0 Å². The van der Waals surface area contributed by atoms with Gasteiger partial charge < -0.3 is 8.98 Å². The summed E-state index contributed by atoms with van der Waals surface area (Å²) in [7, 11) is -1.95. The van der Waals surface area contributed by atoms with Crippen molar-refractivity contribution < 1.29 is 12.8 Å². The van der Waals surface area contributed by atoms with Gasteiger partial charge in [0.1, 0.15) is 10.6 Å². The summed E-state index contributed by atoms with van der Waals surface area (Å²) in [5.41, 5.74) is 3.44. The molecule has 1 fully saturated rings. The molecule has 142 valence electrons. The van der Waals surface area contributed by atoms with Gasteiger partial charge in [0.25, 0.3) is 15.9 Å². The number of benzene rings is 1. The molecule has 7 nitrogen and oxygen atoms in total. The van der Waals surface area contributed by atoms with Crippen LogP contribution >= 0.6 is 0 Å². The van der Waals surface area contributed by atoms with Crippen LogP contribution in [0.2, 0.25) is 0 Å². The van der Waals surface area contributed by atoms with E-state index in [-0.39, 0.29) is 4.90 Å². The van der Waals surface area contributed by atoms with Gasteiger partial charge in [0.15, 0.2) is 0 Å². The maximum Gasteiger partial charge on any atom is 0.264 e. The Balaban J connectivity index is 1.75. The predicted molar refractivity (Wildman–Crippen MR) is 102 cm³/mol. The molecule has 0 amide bonds. The molecule has 2 heterocycles. The van der Waals surface area contributed by atoms with Crippen LogP contribution in [-0.4, -0.2) is 23.2 Å². The lowest BCUT2D eigenvalue weighted by Crippen LogP contribution is -2.14. The van der Waals surface area contributed by atoms with Crippen molar-refractivity contribution in [3.63, 3.8) is 0 Å². The first-order valence-corrected chi connectivity index (χ1v) is 10.4. The number of aryl methyl sites for hydroxylation is 1. The number of aromatic nitrogens is 3. The quantitative estimate of drug-likeness (QED) is 0.722. The van der Waals surface area contributed by atoms with Crippen molar-refractivity contribution in [2.45, 2.75) is 44.4 Å². The fourth-order valence-corrected chi connectivity index (χ4v) is 4.88. The molecule has 0 spiro atoms. The van der Waals surface area contributed by atoms with Gasteiger partial charge >= 0.3 is 0 Å². The van der Waals surface area contributed by atoms with Crippen LogP contribution in [0.4, 0.5) is 5.69 Å². The molecular formula is C19H22N4O3S. The normalized spacial score (nSPS) is 14.5. The first kappa shape index (κ1) is 17.8. The van der Waals surface area contributed by atoms with Crippen LogP contribution in [0, 0.1) is 20.8 Å². The molecule has 0 radical (unpaired) electrons. The Morgan fingerprint density at radius 2 is 1.78 bits per heavy atom. The van der Waals surface area contributed by atoms with Gasteiger partial charge in [-0.2, -0.15) is 0 Å². The van der Waals surface area contributed by atoms with Gasteiger partial charge in [0.05, 0.1) is 0 Å². The van der Waals surface area contributed by atoms with Crippen LogP contribution in [0.3, 0.4) is 0 Å². The number of sulfonamides is 1. The SMILES string of the molecule is Cc1ccc(NS(=O)(=O)c2c(C)c(-c3nnc(C4CC4)o3)n(C)c2C)cc1. The van der Waals surface area contributed by atoms with Gasteiger partial charge in [-0.25, -0.2) is 8.42 Å². The molecule has 27 heavy (non-hydrogen) atoms. The molecule has 8 heteroatoms. The van der Waals surface area contributed by atoms with Gasteiger partial charge in [0, 0.05) is 29.9 Å². The van der Waals surface area contributed by atoms with Crippen LogP contribution in [0.15, 0.2) is 33.6 Å². The Labute approximate surface area is 158 Å². The van der Waals surface area contributed by atoms with Crippen molar-refractivity contribution in [2.75, 3.05) is 4.72 Å². The summed E-state index contributed by atoms with van der Waals surface area (Å²) in [6.07, 6.45) is 2.12. The van der Waals surface area contributed by atoms with E-state index in [4.69, 9.17) is 4.42 Å². The largest absolute Gasteiger partial charge is 0.419 e. The third-order valence-corrected chi connectivity index (χ3v) is 6.65. The highest BCUT2D eigenvalue weighted by Gasteiger charge is 2.32. The molecule has 1 aliphatic rings. The molecule has 1 saturated carbocycles. The fraction of sp³-hybridized carbons (Fsp3) is 0.368. The minimum absolute atomic E-state index is 0.242. The van der Waals surface area contributed by atoms with Gasteiger partial charge in [-0.05, 0) is 45.7 Å². The van der Waals surface area contributed by atoms with Crippen molar-refractivity contribution in [3.8, 4) is 11.6 Å². The molecule has 1 N–H and O–H groups in total. The molecule has 2 aromatic heterocycles. The topological polar surface area (TPSA) is 90.0 Å². The number of hydrogen-bond acceptors (Lipinski definition) is 5. The van der Waals surface area contributed by atoms with Crippen LogP contribution in [0.1, 0.15) is 41.5 Å². The minimum Gasteiger partial charge on any atom is -0.419 e. The lowest BCUT2D eigenvalue weighted by Gasteiger charge is -2.09. The summed E-state index contributed by atoms with van der Waals surface area (Å²) >= 11 is 0. The van der Waals surface area contributed by atoms with E-state index in [1.165, 1.54) is 0 Å². The highest BCUT2D eigenvalue weighted by Crippen LogP contribution is 2.41. The number of nitrogens with one attached hydrogen (secondary N) is 1. The minimum atomic E-state index is -3.76. The Morgan fingerprint density at radius 1 is 1.11 bits per heavy atom. The first-order valence-electron chi connectivity index (χ1n) is 8.87. The Morgan fingerprint density at radius 3 is 2.41 bits per heavy atom. The Kier molecular flexibility index (Phi) is 4.10. The third kappa shape index (κ3) is 3.14. The standard InChI is InChI=1S/C19H22N4O3S/c1-11-5-9-15(10-6-11)22-27(24,25)17-12(2)16(23(4)13(17)3)19-21-20-18(26-19)14-7-8-14/h5-6,9-10,14,22H,7-8H2,1-4H3. The van der Waals surface area contributed by atoms with Crippen LogP contribution < -0.4 is 4.72 Å². The van der Waals surface area contributed by atoms with Gasteiger partial charge in [0.2, 0.25) is 5.89 Å². The van der Waals surface area contributed by atoms with Crippen molar-refractivity contribution in [1.82, 2.24) is 14.8 Å². The lowest BCUT2D eigenvalue weighted by molar-refractivity contribution is 0.504. The summed E-state index contributed by atoms with van der Waals surface area (Å²) < 4.78 is 36.4. The smallest absolute Gasteiger partial charge is 0.264 e. The van der Waals surface area contributed by atoms with E-state index in [0.717, 1.165) is 18.4 Å². The van der Waals surface area contributed by atoms with Gasteiger partial charge in [-0.1, -0.05) is 17.7 Å². The molecule has 3 aromatic rings. The predicted octanol–water partition coefficient (Wildman–Crippen LogP) is 3.68. The van der Waals surface area contributed by atoms with E-state index < -0.39 is 10.0 Å². The zero-order valence-electron chi connectivity index (χ0n) is 15.8. The summed E-state index contributed by atoms with van der Waals surface area (Å²) in [5, 5.41) is 8.27. The summed E-state index contributed by atoms with van der Waals surface area (Å²) in [6.45, 7) is 5.50. The van der Waals surface area contributed by atoms with E-state index in [1.807, 2.05) is 26.1 Å². The molecule has 1 aromatic carbocycles. The third-order valence-electron chi connectivity index (χ3n) is 5.01. The molecule has 0 atom stereocenters. The summed E-state index contributed by atoms with van der Waals surface area (Å²) in [4.78, 5) is 0.242. The van der Waals surface area contributed by atoms with E-state index in [0.29, 0.717) is 40.3 Å². The van der Waals surface area contributed by atoms with E-state index >= 15 is 0 Å². The fourth-order valence-electron chi connectivity index (χ4n) is 3.30. The lowest BCUT2D eigenvalue weighted by atomic mass is 10.2. The van der Waals surface area contributed by atoms with Crippen molar-refractivity contribution in [1.29, 1.82) is 0 Å². The molecule has 0 bridgehead atoms. The maximum atomic E-state index is 13.1. The van der Waals surface area contributed by atoms with E-state index in [1.54, 1.807) is 30.5 Å². The molecule has 0 saturated heterocycles. The van der Waals surface area contributed by atoms with Crippen LogP contribution in [-0.2, 0) is 17.1 Å². The molecular weight excluding hydrogens is 364 g/mol. The second-order valence-electron chi connectivity index (χ2n) is 7.14. The zero-order chi connectivity index (χ0) is 19.3. The van der Waals surface area contributed by atoms with Gasteiger partial charge in [-0.3, -0.25) is 4.72 Å². The average molecular weight is 386 g/mol. The van der Waals surface area contributed by atoms with E-state index in [2.05, 4.69) is 14.9 Å². The maximum absolute atomic E-state index is 13.1. The molecule has 0 unspecified atom stereocenters. The number of rotatable bonds is 5. The molecule has 1 aliphatic carbocycles. The Hall–Kier alpha value is -2.61. The highest BCUT2D eigenvalue weighted by atomic mass is 32.2. The second-order valence-corrected chi connectivity index (χ2v) is 8.76. The van der Waals surface area contributed by atoms with Gasteiger partial charge in [-0.15, -0.1) is 10.2 Å². The molecule has 0 aliphatic heterocycles. The number of hydrogen-bond donors (Lipinski definition) is 1. The zero-order valence-corrected chi connectivity index (χ0v) is 16.6. The number of nitrogens with zero attached hydrogens (tertiary/aromatic N) is 3. The van der Waals surface area contributed by atoms with E-state index in [9.17, 15) is 8.42 Å². The monoisotopic (exact) mass is 386 g/mol. The average Bonchev–Trinajstić information content (AvgIpc) is 3.30. The summed E-state index contributed by atoms with van der Waals surface area (Å²) in [6, 6.07) is 7.24. The second kappa shape index (κ2) is 6.23. The summed E-state index contributed by atoms with van der Waals surface area (Å²) in [5.74, 6) is 1.33. The van der Waals surface area contributed by atoms with Crippen LogP contribution in [0.5, 0.6) is 0 Å². The number of anilines is 1. The first-order chi connectivity index (χ1) is 12.8. The Bertz CT molecular complexity index is 1110. The molecule has 4 rings (SSSR count). The van der Waals surface area contributed by atoms with Crippen molar-refractivity contribution >= 4 is 15.7 Å². The van der Waals surface area contributed by atoms with Crippen molar-refractivity contribution in [2.24, 2.45) is 7.05 Å².